The molecule has 10 nitrogen and oxygen atoms in total. The second kappa shape index (κ2) is 10.9. The van der Waals surface area contributed by atoms with Crippen LogP contribution in [0.5, 0.6) is 11.5 Å². The van der Waals surface area contributed by atoms with E-state index in [1.165, 1.54) is 24.9 Å². The van der Waals surface area contributed by atoms with Gasteiger partial charge in [-0.15, -0.1) is 0 Å². The number of methoxy groups -OCH3 is 2. The molecular formula is C27H32N4O6. The molecule has 1 N–H and O–H groups in total. The number of ether oxygens (including phenoxy) is 2. The molecule has 1 saturated heterocycles. The van der Waals surface area contributed by atoms with Crippen LogP contribution in [0.25, 0.3) is 10.9 Å². The highest BCUT2D eigenvalue weighted by Crippen LogP contribution is 2.30. The molecule has 1 aliphatic heterocycles. The van der Waals surface area contributed by atoms with Crippen LogP contribution in [0.1, 0.15) is 42.1 Å². The second-order valence-corrected chi connectivity index (χ2v) is 9.19. The number of hydrogen-bond donors (Lipinski definition) is 1. The van der Waals surface area contributed by atoms with E-state index in [0.717, 1.165) is 23.8 Å². The summed E-state index contributed by atoms with van der Waals surface area (Å²) in [5, 5.41) is 2.79. The molecule has 0 saturated carbocycles. The van der Waals surface area contributed by atoms with Gasteiger partial charge in [0, 0.05) is 31.3 Å². The Morgan fingerprint density at radius 2 is 1.68 bits per heavy atom. The zero-order chi connectivity index (χ0) is 26.7. The molecule has 1 aromatic heterocycles. The number of carbonyl (C=O) groups excluding carboxylic acids is 2. The third kappa shape index (κ3) is 5.09. The lowest BCUT2D eigenvalue weighted by Crippen LogP contribution is -2.47. The summed E-state index contributed by atoms with van der Waals surface area (Å²) in [5.41, 5.74) is 0.322. The minimum atomic E-state index is -0.599. The minimum absolute atomic E-state index is 0.0235. The molecule has 196 valence electrons. The van der Waals surface area contributed by atoms with Gasteiger partial charge in [0.2, 0.25) is 5.91 Å². The van der Waals surface area contributed by atoms with Crippen LogP contribution in [0.15, 0.2) is 46.0 Å². The first-order chi connectivity index (χ1) is 17.8. The van der Waals surface area contributed by atoms with E-state index >= 15 is 0 Å². The van der Waals surface area contributed by atoms with Crippen molar-refractivity contribution in [3.8, 4) is 11.5 Å². The third-order valence-electron chi connectivity index (χ3n) is 6.93. The average molecular weight is 509 g/mol. The maximum Gasteiger partial charge on any atom is 0.332 e. The highest BCUT2D eigenvalue weighted by Gasteiger charge is 2.25. The van der Waals surface area contributed by atoms with Gasteiger partial charge in [0.05, 0.1) is 31.7 Å². The Morgan fingerprint density at radius 1 is 1.00 bits per heavy atom. The number of benzene rings is 2. The summed E-state index contributed by atoms with van der Waals surface area (Å²) in [7, 11) is 4.48. The third-order valence-corrected chi connectivity index (χ3v) is 6.93. The Morgan fingerprint density at radius 3 is 2.30 bits per heavy atom. The van der Waals surface area contributed by atoms with Crippen LogP contribution in [-0.4, -0.2) is 59.7 Å². The minimum Gasteiger partial charge on any atom is -0.493 e. The molecule has 0 aliphatic carbocycles. The van der Waals surface area contributed by atoms with E-state index in [1.54, 1.807) is 42.3 Å². The lowest BCUT2D eigenvalue weighted by Gasteiger charge is -2.33. The largest absolute Gasteiger partial charge is 0.493 e. The van der Waals surface area contributed by atoms with Crippen molar-refractivity contribution < 1.29 is 19.1 Å². The van der Waals surface area contributed by atoms with Gasteiger partial charge in [-0.1, -0.05) is 12.1 Å². The van der Waals surface area contributed by atoms with E-state index in [-0.39, 0.29) is 36.3 Å². The summed E-state index contributed by atoms with van der Waals surface area (Å²) in [6, 6.07) is 9.84. The quantitative estimate of drug-likeness (QED) is 0.523. The monoisotopic (exact) mass is 508 g/mol. The van der Waals surface area contributed by atoms with Gasteiger partial charge >= 0.3 is 5.69 Å². The van der Waals surface area contributed by atoms with Gasteiger partial charge in [-0.05, 0) is 49.9 Å². The van der Waals surface area contributed by atoms with Gasteiger partial charge in [0.1, 0.15) is 6.54 Å². The Balaban J connectivity index is 1.84. The molecule has 1 aliphatic rings. The van der Waals surface area contributed by atoms with E-state index in [9.17, 15) is 19.2 Å². The summed E-state index contributed by atoms with van der Waals surface area (Å²) < 4.78 is 13.2. The first-order valence-corrected chi connectivity index (χ1v) is 12.3. The van der Waals surface area contributed by atoms with Crippen LogP contribution in [0.3, 0.4) is 0 Å². The Kier molecular flexibility index (Phi) is 7.66. The van der Waals surface area contributed by atoms with Crippen molar-refractivity contribution in [1.29, 1.82) is 0 Å². The predicted molar refractivity (Wildman–Crippen MR) is 140 cm³/mol. The Hall–Kier alpha value is -4.08. The van der Waals surface area contributed by atoms with Crippen LogP contribution < -0.4 is 26.0 Å². The van der Waals surface area contributed by atoms with Crippen LogP contribution in [0.4, 0.5) is 0 Å². The summed E-state index contributed by atoms with van der Waals surface area (Å²) >= 11 is 0. The van der Waals surface area contributed by atoms with Crippen LogP contribution >= 0.6 is 0 Å². The fraction of sp³-hybridized carbons (Fsp3) is 0.407. The molecule has 0 spiro atoms. The number of likely N-dealkylation sites (tertiary alicyclic amines) is 1. The van der Waals surface area contributed by atoms with Gasteiger partial charge in [0.15, 0.2) is 11.5 Å². The molecule has 3 aromatic rings. The lowest BCUT2D eigenvalue weighted by molar-refractivity contribution is -0.135. The summed E-state index contributed by atoms with van der Waals surface area (Å²) in [5.74, 6) is 0.285. The van der Waals surface area contributed by atoms with E-state index in [4.69, 9.17) is 9.47 Å². The maximum atomic E-state index is 13.7. The molecule has 0 unspecified atom stereocenters. The first kappa shape index (κ1) is 26.0. The van der Waals surface area contributed by atoms with Crippen molar-refractivity contribution in [2.45, 2.75) is 45.3 Å². The summed E-state index contributed by atoms with van der Waals surface area (Å²) in [6.45, 7) is 2.42. The molecule has 4 rings (SSSR count). The van der Waals surface area contributed by atoms with Gasteiger partial charge in [-0.25, -0.2) is 4.79 Å². The van der Waals surface area contributed by atoms with Gasteiger partial charge in [-0.2, -0.15) is 0 Å². The molecule has 37 heavy (non-hydrogen) atoms. The SMILES string of the molecule is CNC(=O)c1ccc(Cn2c(=O)c3cc(OC)c(OC)cc3n(CC(=O)N3CCCC[C@@H]3C)c2=O)cc1. The number of aromatic nitrogens is 2. The molecular weight excluding hydrogens is 476 g/mol. The fourth-order valence-corrected chi connectivity index (χ4v) is 4.82. The van der Waals surface area contributed by atoms with E-state index < -0.39 is 11.2 Å². The topological polar surface area (TPSA) is 112 Å². The van der Waals surface area contributed by atoms with Crippen molar-refractivity contribution in [3.05, 3.63) is 68.4 Å². The van der Waals surface area contributed by atoms with E-state index in [2.05, 4.69) is 5.32 Å². The number of hydrogen-bond acceptors (Lipinski definition) is 6. The number of amides is 2. The average Bonchev–Trinajstić information content (AvgIpc) is 2.92. The number of piperidine rings is 1. The highest BCUT2D eigenvalue weighted by molar-refractivity contribution is 5.94. The van der Waals surface area contributed by atoms with E-state index in [1.807, 2.05) is 6.92 Å². The molecule has 10 heteroatoms. The fourth-order valence-electron chi connectivity index (χ4n) is 4.82. The van der Waals surface area contributed by atoms with Gasteiger partial charge in [0.25, 0.3) is 11.5 Å². The molecule has 0 radical (unpaired) electrons. The second-order valence-electron chi connectivity index (χ2n) is 9.19. The van der Waals surface area contributed by atoms with Crippen molar-refractivity contribution in [2.75, 3.05) is 27.8 Å². The molecule has 1 fully saturated rings. The van der Waals surface area contributed by atoms with Crippen molar-refractivity contribution >= 4 is 22.7 Å². The zero-order valence-corrected chi connectivity index (χ0v) is 21.6. The van der Waals surface area contributed by atoms with Gasteiger partial charge < -0.3 is 19.7 Å². The zero-order valence-electron chi connectivity index (χ0n) is 21.6. The smallest absolute Gasteiger partial charge is 0.332 e. The molecule has 2 heterocycles. The number of fused-ring (bicyclic) bond motifs is 1. The summed E-state index contributed by atoms with van der Waals surface area (Å²) in [4.78, 5) is 54.2. The summed E-state index contributed by atoms with van der Waals surface area (Å²) in [6.07, 6.45) is 2.90. The highest BCUT2D eigenvalue weighted by atomic mass is 16.5. The molecule has 0 bridgehead atoms. The number of carbonyl (C=O) groups is 2. The van der Waals surface area contributed by atoms with Crippen molar-refractivity contribution in [3.63, 3.8) is 0 Å². The van der Waals surface area contributed by atoms with Crippen molar-refractivity contribution in [1.82, 2.24) is 19.4 Å². The lowest BCUT2D eigenvalue weighted by atomic mass is 10.0. The van der Waals surface area contributed by atoms with Crippen LogP contribution in [0.2, 0.25) is 0 Å². The number of rotatable bonds is 7. The van der Waals surface area contributed by atoms with E-state index in [0.29, 0.717) is 34.7 Å². The number of nitrogens with zero attached hydrogens (tertiary/aromatic N) is 3. The Bertz CT molecular complexity index is 1440. The molecule has 2 aromatic carbocycles. The predicted octanol–water partition coefficient (Wildman–Crippen LogP) is 1.99. The van der Waals surface area contributed by atoms with Crippen LogP contribution in [0, 0.1) is 0 Å². The number of nitrogens with one attached hydrogen (secondary N) is 1. The standard InChI is InChI=1S/C27H32N4O6/c1-17-7-5-6-12-29(17)24(32)16-30-21-14-23(37-4)22(36-3)13-20(21)26(34)31(27(30)35)15-18-8-10-19(11-9-18)25(33)28-2/h8-11,13-14,17H,5-7,12,15-16H2,1-4H3,(H,28,33)/t17-/m0/s1. The molecule has 1 atom stereocenters. The first-order valence-electron chi connectivity index (χ1n) is 12.3. The van der Waals surface area contributed by atoms with Crippen LogP contribution in [-0.2, 0) is 17.9 Å². The molecule has 2 amide bonds. The Labute approximate surface area is 214 Å². The van der Waals surface area contributed by atoms with Crippen molar-refractivity contribution in [2.24, 2.45) is 0 Å². The van der Waals surface area contributed by atoms with Gasteiger partial charge in [-0.3, -0.25) is 23.5 Å². The maximum absolute atomic E-state index is 13.7. The normalized spacial score (nSPS) is 15.5.